The lowest BCUT2D eigenvalue weighted by Gasteiger charge is -2.30. The van der Waals surface area contributed by atoms with Crippen LogP contribution in [0.5, 0.6) is 0 Å². The zero-order valence-corrected chi connectivity index (χ0v) is 12.1. The first-order valence-corrected chi connectivity index (χ1v) is 8.13. The van der Waals surface area contributed by atoms with E-state index in [1.807, 2.05) is 11.3 Å². The Morgan fingerprint density at radius 3 is 2.83 bits per heavy atom. The molecule has 3 rings (SSSR count). The van der Waals surface area contributed by atoms with Gasteiger partial charge in [0.05, 0.1) is 0 Å². The summed E-state index contributed by atoms with van der Waals surface area (Å²) in [6.45, 7) is 7.14. The molecule has 1 aromatic rings. The van der Waals surface area contributed by atoms with Gasteiger partial charge in [-0.15, -0.1) is 11.3 Å². The molecule has 0 bridgehead atoms. The SMILES string of the molecule is Cc1ccc(CN(CC2CCCNC2)C2CC2)s1. The van der Waals surface area contributed by atoms with Gasteiger partial charge in [0.1, 0.15) is 0 Å². The lowest BCUT2D eigenvalue weighted by atomic mass is 9.99. The molecule has 1 unspecified atom stereocenters. The van der Waals surface area contributed by atoms with Gasteiger partial charge >= 0.3 is 0 Å². The van der Waals surface area contributed by atoms with Crippen molar-refractivity contribution >= 4 is 11.3 Å². The molecule has 2 fully saturated rings. The molecule has 1 aromatic heterocycles. The van der Waals surface area contributed by atoms with Gasteiger partial charge in [-0.1, -0.05) is 0 Å². The van der Waals surface area contributed by atoms with Gasteiger partial charge < -0.3 is 5.32 Å². The Balaban J connectivity index is 1.57. The molecule has 1 aliphatic heterocycles. The third-order valence-corrected chi connectivity index (χ3v) is 5.10. The highest BCUT2D eigenvalue weighted by molar-refractivity contribution is 7.11. The van der Waals surface area contributed by atoms with Crippen molar-refractivity contribution in [1.29, 1.82) is 0 Å². The second kappa shape index (κ2) is 5.72. The number of nitrogens with one attached hydrogen (secondary N) is 1. The zero-order chi connectivity index (χ0) is 12.4. The third-order valence-electron chi connectivity index (χ3n) is 4.11. The highest BCUT2D eigenvalue weighted by Crippen LogP contribution is 2.31. The van der Waals surface area contributed by atoms with Crippen LogP contribution in [0.4, 0.5) is 0 Å². The van der Waals surface area contributed by atoms with Gasteiger partial charge in [0, 0.05) is 28.9 Å². The fourth-order valence-electron chi connectivity index (χ4n) is 2.96. The summed E-state index contributed by atoms with van der Waals surface area (Å²) in [5.41, 5.74) is 0. The van der Waals surface area contributed by atoms with Crippen LogP contribution in [0.15, 0.2) is 12.1 Å². The molecule has 0 radical (unpaired) electrons. The largest absolute Gasteiger partial charge is 0.316 e. The van der Waals surface area contributed by atoms with E-state index in [9.17, 15) is 0 Å². The number of hydrogen-bond donors (Lipinski definition) is 1. The van der Waals surface area contributed by atoms with Crippen molar-refractivity contribution in [3.63, 3.8) is 0 Å². The van der Waals surface area contributed by atoms with E-state index in [4.69, 9.17) is 0 Å². The summed E-state index contributed by atoms with van der Waals surface area (Å²) in [7, 11) is 0. The van der Waals surface area contributed by atoms with E-state index in [0.717, 1.165) is 12.0 Å². The molecule has 100 valence electrons. The van der Waals surface area contributed by atoms with Crippen molar-refractivity contribution in [3.05, 3.63) is 21.9 Å². The third kappa shape index (κ3) is 3.34. The summed E-state index contributed by atoms with van der Waals surface area (Å²) in [6.07, 6.45) is 5.62. The van der Waals surface area contributed by atoms with Crippen LogP contribution in [0.2, 0.25) is 0 Å². The van der Waals surface area contributed by atoms with E-state index in [1.165, 1.54) is 56.7 Å². The minimum atomic E-state index is 0.875. The Morgan fingerprint density at radius 2 is 2.22 bits per heavy atom. The summed E-state index contributed by atoms with van der Waals surface area (Å²) in [5.74, 6) is 0.875. The van der Waals surface area contributed by atoms with Crippen LogP contribution >= 0.6 is 11.3 Å². The van der Waals surface area contributed by atoms with Crippen molar-refractivity contribution < 1.29 is 0 Å². The summed E-state index contributed by atoms with van der Waals surface area (Å²) in [4.78, 5) is 5.73. The van der Waals surface area contributed by atoms with Crippen LogP contribution in [0.1, 0.15) is 35.4 Å². The number of rotatable bonds is 5. The predicted octanol–water partition coefficient (Wildman–Crippen LogP) is 3.02. The first kappa shape index (κ1) is 12.6. The molecule has 2 heterocycles. The van der Waals surface area contributed by atoms with E-state index < -0.39 is 0 Å². The van der Waals surface area contributed by atoms with Gasteiger partial charge in [0.2, 0.25) is 0 Å². The number of aryl methyl sites for hydroxylation is 1. The minimum Gasteiger partial charge on any atom is -0.316 e. The molecular formula is C15H24N2S. The molecule has 2 nitrogen and oxygen atoms in total. The maximum atomic E-state index is 3.54. The van der Waals surface area contributed by atoms with Crippen LogP contribution in [-0.2, 0) is 6.54 Å². The predicted molar refractivity (Wildman–Crippen MR) is 78.1 cm³/mol. The molecule has 3 heteroatoms. The van der Waals surface area contributed by atoms with Gasteiger partial charge in [0.25, 0.3) is 0 Å². The summed E-state index contributed by atoms with van der Waals surface area (Å²) < 4.78 is 0. The van der Waals surface area contributed by atoms with Gasteiger partial charge in [-0.3, -0.25) is 4.90 Å². The molecule has 0 aromatic carbocycles. The molecule has 0 spiro atoms. The molecular weight excluding hydrogens is 240 g/mol. The Bertz CT molecular complexity index is 378. The van der Waals surface area contributed by atoms with Crippen LogP contribution in [0.25, 0.3) is 0 Å². The maximum Gasteiger partial charge on any atom is 0.0331 e. The summed E-state index contributed by atoms with van der Waals surface area (Å²) >= 11 is 1.97. The second-order valence-corrected chi connectivity index (χ2v) is 7.26. The number of nitrogens with zero attached hydrogens (tertiary/aromatic N) is 1. The quantitative estimate of drug-likeness (QED) is 0.879. The van der Waals surface area contributed by atoms with E-state index in [1.54, 1.807) is 4.88 Å². The highest BCUT2D eigenvalue weighted by atomic mass is 32.1. The minimum absolute atomic E-state index is 0.875. The van der Waals surface area contributed by atoms with Gasteiger partial charge in [-0.2, -0.15) is 0 Å². The van der Waals surface area contributed by atoms with E-state index in [-0.39, 0.29) is 0 Å². The Labute approximate surface area is 114 Å². The van der Waals surface area contributed by atoms with Crippen molar-refractivity contribution in [2.24, 2.45) is 5.92 Å². The topological polar surface area (TPSA) is 15.3 Å². The van der Waals surface area contributed by atoms with Crippen LogP contribution < -0.4 is 5.32 Å². The van der Waals surface area contributed by atoms with Crippen molar-refractivity contribution in [1.82, 2.24) is 10.2 Å². The smallest absolute Gasteiger partial charge is 0.0331 e. The Kier molecular flexibility index (Phi) is 4.02. The van der Waals surface area contributed by atoms with Crippen LogP contribution in [0, 0.1) is 12.8 Å². The van der Waals surface area contributed by atoms with E-state index in [2.05, 4.69) is 29.3 Å². The van der Waals surface area contributed by atoms with Crippen LogP contribution in [0.3, 0.4) is 0 Å². The molecule has 1 N–H and O–H groups in total. The number of thiophene rings is 1. The molecule has 1 saturated carbocycles. The van der Waals surface area contributed by atoms with Crippen molar-refractivity contribution in [2.75, 3.05) is 19.6 Å². The maximum absolute atomic E-state index is 3.54. The Morgan fingerprint density at radius 1 is 1.33 bits per heavy atom. The summed E-state index contributed by atoms with van der Waals surface area (Å²) in [6, 6.07) is 5.45. The highest BCUT2D eigenvalue weighted by Gasteiger charge is 2.31. The average molecular weight is 264 g/mol. The standard InChI is InChI=1S/C15H24N2S/c1-12-4-7-15(18-12)11-17(14-5-6-14)10-13-3-2-8-16-9-13/h4,7,13-14,16H,2-3,5-6,8-11H2,1H3. The summed E-state index contributed by atoms with van der Waals surface area (Å²) in [5, 5.41) is 3.54. The van der Waals surface area contributed by atoms with E-state index in [0.29, 0.717) is 0 Å². The molecule has 2 aliphatic rings. The van der Waals surface area contributed by atoms with E-state index >= 15 is 0 Å². The number of hydrogen-bond acceptors (Lipinski definition) is 3. The fourth-order valence-corrected chi connectivity index (χ4v) is 3.88. The van der Waals surface area contributed by atoms with Crippen LogP contribution in [-0.4, -0.2) is 30.6 Å². The van der Waals surface area contributed by atoms with Gasteiger partial charge in [-0.25, -0.2) is 0 Å². The molecule has 1 saturated heterocycles. The molecule has 0 amide bonds. The zero-order valence-electron chi connectivity index (χ0n) is 11.3. The van der Waals surface area contributed by atoms with Gasteiger partial charge in [-0.05, 0) is 63.7 Å². The average Bonchev–Trinajstić information content (AvgIpc) is 3.15. The number of piperidine rings is 1. The lowest BCUT2D eigenvalue weighted by molar-refractivity contribution is 0.194. The van der Waals surface area contributed by atoms with Crippen molar-refractivity contribution in [3.8, 4) is 0 Å². The molecule has 18 heavy (non-hydrogen) atoms. The molecule has 1 aliphatic carbocycles. The second-order valence-electron chi connectivity index (χ2n) is 5.89. The monoisotopic (exact) mass is 264 g/mol. The normalized spacial score (nSPS) is 24.7. The Hall–Kier alpha value is -0.380. The fraction of sp³-hybridized carbons (Fsp3) is 0.733. The lowest BCUT2D eigenvalue weighted by Crippen LogP contribution is -2.38. The molecule has 1 atom stereocenters. The first-order valence-electron chi connectivity index (χ1n) is 7.31. The first-order chi connectivity index (χ1) is 8.81. The van der Waals surface area contributed by atoms with Gasteiger partial charge in [0.15, 0.2) is 0 Å². The van der Waals surface area contributed by atoms with Crippen molar-refractivity contribution in [2.45, 2.75) is 45.2 Å².